The van der Waals surface area contributed by atoms with Crippen LogP contribution in [0.5, 0.6) is 5.75 Å². The van der Waals surface area contributed by atoms with Crippen molar-refractivity contribution in [3.8, 4) is 5.75 Å². The third-order valence-corrected chi connectivity index (χ3v) is 4.85. The number of hydrogen-bond acceptors (Lipinski definition) is 3. The summed E-state index contributed by atoms with van der Waals surface area (Å²) in [5.74, 6) is 2.26. The zero-order valence-electron chi connectivity index (χ0n) is 14.7. The average molecular weight is 459 g/mol. The van der Waals surface area contributed by atoms with Crippen LogP contribution < -0.4 is 10.1 Å². The lowest BCUT2D eigenvalue weighted by atomic mass is 10.1. The molecule has 0 bridgehead atoms. The van der Waals surface area contributed by atoms with Gasteiger partial charge in [-0.15, -0.1) is 35.3 Å². The molecular formula is C18H26IN3OS. The van der Waals surface area contributed by atoms with Gasteiger partial charge in [-0.25, -0.2) is 0 Å². The predicted octanol–water partition coefficient (Wildman–Crippen LogP) is 4.19. The molecule has 4 nitrogen and oxygen atoms in total. The third-order valence-electron chi connectivity index (χ3n) is 3.75. The highest BCUT2D eigenvalue weighted by atomic mass is 127. The second-order valence-corrected chi connectivity index (χ2v) is 6.53. The molecule has 0 aliphatic heterocycles. The van der Waals surface area contributed by atoms with Gasteiger partial charge < -0.3 is 15.0 Å². The minimum absolute atomic E-state index is 0. The summed E-state index contributed by atoms with van der Waals surface area (Å²) < 4.78 is 5.19. The molecule has 24 heavy (non-hydrogen) atoms. The summed E-state index contributed by atoms with van der Waals surface area (Å²) in [7, 11) is 5.56. The Morgan fingerprint density at radius 2 is 2.00 bits per heavy atom. The number of benzene rings is 1. The fourth-order valence-electron chi connectivity index (χ4n) is 2.38. The Morgan fingerprint density at radius 1 is 1.29 bits per heavy atom. The number of nitrogens with zero attached hydrogens (tertiary/aromatic N) is 2. The van der Waals surface area contributed by atoms with E-state index in [1.54, 1.807) is 18.4 Å². The molecule has 0 amide bonds. The van der Waals surface area contributed by atoms with E-state index in [1.165, 1.54) is 10.4 Å². The van der Waals surface area contributed by atoms with Gasteiger partial charge in [0.1, 0.15) is 5.75 Å². The monoisotopic (exact) mass is 459 g/mol. The largest absolute Gasteiger partial charge is 0.497 e. The third kappa shape index (κ3) is 5.98. The van der Waals surface area contributed by atoms with E-state index in [-0.39, 0.29) is 24.0 Å². The molecule has 0 spiro atoms. The first-order chi connectivity index (χ1) is 11.1. The number of thiophene rings is 1. The standard InChI is InChI=1S/C18H25N3OS.HI/c1-14(17-6-5-11-23-17)12-20-18(19-2)21(3)13-15-7-9-16(22-4)10-8-15;/h5-11,14H,12-13H2,1-4H3,(H,19,20);1H. The van der Waals surface area contributed by atoms with Gasteiger partial charge in [-0.05, 0) is 29.1 Å². The van der Waals surface area contributed by atoms with Crippen molar-refractivity contribution in [2.75, 3.05) is 27.7 Å². The Kier molecular flexibility index (Phi) is 9.13. The lowest BCUT2D eigenvalue weighted by Crippen LogP contribution is -2.39. The maximum Gasteiger partial charge on any atom is 0.193 e. The molecule has 6 heteroatoms. The Labute approximate surface area is 166 Å². The second-order valence-electron chi connectivity index (χ2n) is 5.55. The zero-order chi connectivity index (χ0) is 16.7. The van der Waals surface area contributed by atoms with E-state index < -0.39 is 0 Å². The van der Waals surface area contributed by atoms with Crippen LogP contribution in [-0.4, -0.2) is 38.6 Å². The molecule has 2 aromatic rings. The fraction of sp³-hybridized carbons (Fsp3) is 0.389. The maximum absolute atomic E-state index is 5.19. The quantitative estimate of drug-likeness (QED) is 0.400. The average Bonchev–Trinajstić information content (AvgIpc) is 3.10. The van der Waals surface area contributed by atoms with Crippen molar-refractivity contribution < 1.29 is 4.74 Å². The van der Waals surface area contributed by atoms with Crippen LogP contribution in [0.3, 0.4) is 0 Å². The van der Waals surface area contributed by atoms with Crippen LogP contribution in [0.2, 0.25) is 0 Å². The molecule has 1 atom stereocenters. The first-order valence-electron chi connectivity index (χ1n) is 7.72. The first kappa shape index (κ1) is 20.8. The topological polar surface area (TPSA) is 36.9 Å². The first-order valence-corrected chi connectivity index (χ1v) is 8.60. The van der Waals surface area contributed by atoms with Crippen molar-refractivity contribution in [1.82, 2.24) is 10.2 Å². The van der Waals surface area contributed by atoms with E-state index in [0.29, 0.717) is 5.92 Å². The van der Waals surface area contributed by atoms with Crippen LogP contribution in [0, 0.1) is 0 Å². The molecule has 0 fully saturated rings. The van der Waals surface area contributed by atoms with Gasteiger partial charge in [0.15, 0.2) is 5.96 Å². The van der Waals surface area contributed by atoms with E-state index in [9.17, 15) is 0 Å². The Hall–Kier alpha value is -1.28. The highest BCUT2D eigenvalue weighted by Crippen LogP contribution is 2.19. The van der Waals surface area contributed by atoms with Crippen molar-refractivity contribution in [2.24, 2.45) is 4.99 Å². The summed E-state index contributed by atoms with van der Waals surface area (Å²) in [5, 5.41) is 5.58. The molecule has 0 saturated heterocycles. The predicted molar refractivity (Wildman–Crippen MR) is 114 cm³/mol. The maximum atomic E-state index is 5.19. The summed E-state index contributed by atoms with van der Waals surface area (Å²) in [6.07, 6.45) is 0. The number of nitrogens with one attached hydrogen (secondary N) is 1. The van der Waals surface area contributed by atoms with Crippen LogP contribution in [0.1, 0.15) is 23.3 Å². The SMILES string of the molecule is CN=C(NCC(C)c1cccs1)N(C)Cc1ccc(OC)cc1.I. The van der Waals surface area contributed by atoms with Gasteiger partial charge in [0.25, 0.3) is 0 Å². The number of halogens is 1. The molecule has 0 aliphatic carbocycles. The van der Waals surface area contributed by atoms with Gasteiger partial charge in [0.2, 0.25) is 0 Å². The van der Waals surface area contributed by atoms with Gasteiger partial charge >= 0.3 is 0 Å². The zero-order valence-corrected chi connectivity index (χ0v) is 17.8. The van der Waals surface area contributed by atoms with Gasteiger partial charge in [-0.3, -0.25) is 4.99 Å². The lowest BCUT2D eigenvalue weighted by molar-refractivity contribution is 0.414. The second kappa shape index (κ2) is 10.6. The normalized spacial score (nSPS) is 12.2. The smallest absolute Gasteiger partial charge is 0.193 e. The number of hydrogen-bond donors (Lipinski definition) is 1. The Morgan fingerprint density at radius 3 is 2.54 bits per heavy atom. The van der Waals surface area contributed by atoms with Crippen molar-refractivity contribution in [1.29, 1.82) is 0 Å². The van der Waals surface area contributed by atoms with Crippen molar-refractivity contribution in [2.45, 2.75) is 19.4 Å². The molecule has 0 saturated carbocycles. The molecule has 132 valence electrons. The fourth-order valence-corrected chi connectivity index (χ4v) is 3.17. The number of aliphatic imine (C=N–C) groups is 1. The van der Waals surface area contributed by atoms with Crippen molar-refractivity contribution >= 4 is 41.3 Å². The summed E-state index contributed by atoms with van der Waals surface area (Å²) in [4.78, 5) is 7.90. The van der Waals surface area contributed by atoms with Gasteiger partial charge in [0.05, 0.1) is 7.11 Å². The number of guanidine groups is 1. The molecule has 0 radical (unpaired) electrons. The summed E-state index contributed by atoms with van der Waals surface area (Å²) in [5.41, 5.74) is 1.22. The number of ether oxygens (including phenoxy) is 1. The van der Waals surface area contributed by atoms with E-state index in [0.717, 1.165) is 24.8 Å². The molecule has 0 aliphatic rings. The molecule has 2 rings (SSSR count). The Balaban J connectivity index is 0.00000288. The van der Waals surface area contributed by atoms with Crippen LogP contribution in [0.15, 0.2) is 46.8 Å². The molecule has 1 N–H and O–H groups in total. The number of rotatable bonds is 6. The number of methoxy groups -OCH3 is 1. The van der Waals surface area contributed by atoms with Crippen LogP contribution >= 0.6 is 35.3 Å². The minimum atomic E-state index is 0. The van der Waals surface area contributed by atoms with Crippen LogP contribution in [0.4, 0.5) is 0 Å². The van der Waals surface area contributed by atoms with E-state index in [4.69, 9.17) is 4.74 Å². The van der Waals surface area contributed by atoms with Gasteiger partial charge in [-0.1, -0.05) is 25.1 Å². The van der Waals surface area contributed by atoms with E-state index >= 15 is 0 Å². The molecule has 1 aromatic carbocycles. The summed E-state index contributed by atoms with van der Waals surface area (Å²) in [6, 6.07) is 12.4. The van der Waals surface area contributed by atoms with Crippen LogP contribution in [-0.2, 0) is 6.54 Å². The molecule has 1 heterocycles. The summed E-state index contributed by atoms with van der Waals surface area (Å²) in [6.45, 7) is 3.91. The highest BCUT2D eigenvalue weighted by molar-refractivity contribution is 14.0. The van der Waals surface area contributed by atoms with E-state index in [1.807, 2.05) is 19.2 Å². The lowest BCUT2D eigenvalue weighted by Gasteiger charge is -2.23. The highest BCUT2D eigenvalue weighted by Gasteiger charge is 2.10. The van der Waals surface area contributed by atoms with Gasteiger partial charge in [-0.2, -0.15) is 0 Å². The van der Waals surface area contributed by atoms with Crippen molar-refractivity contribution in [3.63, 3.8) is 0 Å². The minimum Gasteiger partial charge on any atom is -0.497 e. The summed E-state index contributed by atoms with van der Waals surface area (Å²) >= 11 is 1.80. The Bertz CT molecular complexity index is 614. The van der Waals surface area contributed by atoms with E-state index in [2.05, 4.69) is 58.8 Å². The molecular weight excluding hydrogens is 433 g/mol. The van der Waals surface area contributed by atoms with Crippen molar-refractivity contribution in [3.05, 3.63) is 52.2 Å². The van der Waals surface area contributed by atoms with Gasteiger partial charge in [0, 0.05) is 38.0 Å². The molecule has 1 aromatic heterocycles. The van der Waals surface area contributed by atoms with Crippen LogP contribution in [0.25, 0.3) is 0 Å². The molecule has 1 unspecified atom stereocenters.